The van der Waals surface area contributed by atoms with Crippen LogP contribution in [-0.4, -0.2) is 16.9 Å². The molecule has 0 saturated heterocycles. The minimum atomic E-state index is -0.619. The fourth-order valence-electron chi connectivity index (χ4n) is 0.717. The van der Waals surface area contributed by atoms with Crippen molar-refractivity contribution in [1.82, 2.24) is 0 Å². The molecule has 5 heteroatoms. The summed E-state index contributed by atoms with van der Waals surface area (Å²) in [6.45, 7) is 3.57. The molecule has 2 aliphatic rings. The fraction of sp³-hybridized carbons (Fsp3) is 0.400. The van der Waals surface area contributed by atoms with Crippen LogP contribution in [0.2, 0.25) is 0 Å². The zero-order valence-corrected chi connectivity index (χ0v) is 6.44. The number of aliphatic imine (C=N–C) groups is 2. The Morgan fingerprint density at radius 1 is 1.10 bits per heavy atom. The predicted octanol–water partition coefficient (Wildman–Crippen LogP) is 1.07. The third-order valence-electron chi connectivity index (χ3n) is 1.05. The molecule has 0 N–H and O–H groups in total. The van der Waals surface area contributed by atoms with Gasteiger partial charge in [-0.15, -0.1) is 0 Å². The van der Waals surface area contributed by atoms with E-state index in [1.54, 1.807) is 13.8 Å². The van der Waals surface area contributed by atoms with Crippen LogP contribution in [0.4, 0.5) is 0 Å². The van der Waals surface area contributed by atoms with Gasteiger partial charge >= 0.3 is 0 Å². The van der Waals surface area contributed by atoms with E-state index in [1.807, 2.05) is 0 Å². The molecule has 0 aromatic rings. The predicted molar refractivity (Wildman–Crippen MR) is 41.0 cm³/mol. The fourth-order valence-corrected chi connectivity index (χ4v) is 1.82. The average molecular weight is 158 g/mol. The van der Waals surface area contributed by atoms with E-state index in [2.05, 4.69) is 9.98 Å². The molecule has 0 amide bonds. The number of rotatable bonds is 0. The Hall–Kier alpha value is -0.840. The van der Waals surface area contributed by atoms with E-state index >= 15 is 0 Å². The van der Waals surface area contributed by atoms with E-state index in [9.17, 15) is 0 Å². The lowest BCUT2D eigenvalue weighted by Crippen LogP contribution is -1.94. The molecule has 0 aromatic carbocycles. The maximum Gasteiger partial charge on any atom is 0.261 e. The highest BCUT2D eigenvalue weighted by Crippen LogP contribution is 2.30. The molecule has 0 aromatic heterocycles. The van der Waals surface area contributed by atoms with E-state index in [0.29, 0.717) is 16.9 Å². The van der Waals surface area contributed by atoms with Crippen LogP contribution in [0.3, 0.4) is 0 Å². The van der Waals surface area contributed by atoms with E-state index in [1.165, 1.54) is 0 Å². The van der Waals surface area contributed by atoms with E-state index < -0.39 is 11.0 Å². The highest BCUT2D eigenvalue weighted by Gasteiger charge is 2.23. The lowest BCUT2D eigenvalue weighted by molar-refractivity contribution is 0.533. The first-order chi connectivity index (χ1) is 4.75. The molecule has 0 saturated carbocycles. The minimum Gasteiger partial charge on any atom is -0.382 e. The summed E-state index contributed by atoms with van der Waals surface area (Å²) >= 11 is -0.619. The Morgan fingerprint density at radius 2 is 1.60 bits per heavy atom. The maximum atomic E-state index is 5.16. The second-order valence-corrected chi connectivity index (χ2v) is 3.11. The third kappa shape index (κ3) is 0.740. The van der Waals surface area contributed by atoms with Gasteiger partial charge in [0.1, 0.15) is 0 Å². The first-order valence-electron chi connectivity index (χ1n) is 2.84. The topological polar surface area (TPSA) is 43.2 Å². The second-order valence-electron chi connectivity index (χ2n) is 1.95. The zero-order valence-electron chi connectivity index (χ0n) is 5.62. The van der Waals surface area contributed by atoms with Crippen molar-refractivity contribution in [3.05, 3.63) is 0 Å². The van der Waals surface area contributed by atoms with Crippen molar-refractivity contribution in [2.45, 2.75) is 13.8 Å². The van der Waals surface area contributed by atoms with Gasteiger partial charge in [0.05, 0.1) is 0 Å². The monoisotopic (exact) mass is 158 g/mol. The maximum absolute atomic E-state index is 5.16. The summed E-state index contributed by atoms with van der Waals surface area (Å²) in [4.78, 5) is 8.02. The van der Waals surface area contributed by atoms with E-state index in [4.69, 9.17) is 8.37 Å². The second kappa shape index (κ2) is 1.82. The molecule has 0 atom stereocenters. The summed E-state index contributed by atoms with van der Waals surface area (Å²) in [5, 5.41) is 0.662. The third-order valence-corrected chi connectivity index (χ3v) is 2.31. The Morgan fingerprint density at radius 3 is 2.00 bits per heavy atom. The smallest absolute Gasteiger partial charge is 0.261 e. The number of nitrogens with zero attached hydrogens (tertiary/aromatic N) is 2. The van der Waals surface area contributed by atoms with Gasteiger partial charge in [0.15, 0.2) is 0 Å². The van der Waals surface area contributed by atoms with E-state index in [-0.39, 0.29) is 0 Å². The summed E-state index contributed by atoms with van der Waals surface area (Å²) < 4.78 is 10.3. The highest BCUT2D eigenvalue weighted by atomic mass is 32.2. The van der Waals surface area contributed by atoms with Gasteiger partial charge in [-0.3, -0.25) is 0 Å². The van der Waals surface area contributed by atoms with Crippen molar-refractivity contribution < 1.29 is 8.37 Å². The molecule has 2 aliphatic heterocycles. The lowest BCUT2D eigenvalue weighted by atomic mass is 10.7. The Kier molecular flexibility index (Phi) is 1.08. The zero-order chi connectivity index (χ0) is 7.14. The molecule has 10 heavy (non-hydrogen) atoms. The van der Waals surface area contributed by atoms with E-state index in [0.717, 1.165) is 0 Å². The number of hydrogen-bond acceptors (Lipinski definition) is 4. The van der Waals surface area contributed by atoms with Gasteiger partial charge in [-0.1, -0.05) is 0 Å². The van der Waals surface area contributed by atoms with Gasteiger partial charge < -0.3 is 8.37 Å². The van der Waals surface area contributed by atoms with Crippen molar-refractivity contribution in [2.75, 3.05) is 0 Å². The first kappa shape index (κ1) is 5.91. The van der Waals surface area contributed by atoms with Crippen LogP contribution in [0.25, 0.3) is 0 Å². The molecule has 2 heterocycles. The average Bonchev–Trinajstić information content (AvgIpc) is 2.21. The molecular weight excluding hydrogens is 152 g/mol. The van der Waals surface area contributed by atoms with Crippen LogP contribution >= 0.6 is 11.0 Å². The molecule has 0 radical (unpaired) electrons. The van der Waals surface area contributed by atoms with Crippen LogP contribution in [-0.2, 0) is 8.37 Å². The molecule has 2 rings (SSSR count). The summed E-state index contributed by atoms with van der Waals surface area (Å²) in [7, 11) is 0. The molecule has 54 valence electrons. The SMILES string of the molecule is CC1=NC2=S(O1)OC(C)=N2. The standard InChI is InChI=1S/C5H6N2O2S/c1-3-6-5-7-4(2)9-10(5)8-3/h1-2H3. The quantitative estimate of drug-likeness (QED) is 0.495. The van der Waals surface area contributed by atoms with Crippen molar-refractivity contribution in [2.24, 2.45) is 9.98 Å². The van der Waals surface area contributed by atoms with Gasteiger partial charge in [-0.2, -0.15) is 9.98 Å². The summed E-state index contributed by atoms with van der Waals surface area (Å²) in [6, 6.07) is 0. The first-order valence-corrected chi connectivity index (χ1v) is 3.92. The van der Waals surface area contributed by atoms with Crippen molar-refractivity contribution >= 4 is 28.0 Å². The Balaban J connectivity index is 2.33. The van der Waals surface area contributed by atoms with Crippen LogP contribution in [0.1, 0.15) is 13.8 Å². The van der Waals surface area contributed by atoms with Gasteiger partial charge in [-0.05, 0) is 0 Å². The number of hydrogen-bond donors (Lipinski definition) is 0. The van der Waals surface area contributed by atoms with Crippen LogP contribution in [0, 0.1) is 0 Å². The van der Waals surface area contributed by atoms with Gasteiger partial charge in [0.25, 0.3) is 5.11 Å². The van der Waals surface area contributed by atoms with Gasteiger partial charge in [0, 0.05) is 13.8 Å². The molecular formula is C5H6N2O2S. The highest BCUT2D eigenvalue weighted by molar-refractivity contribution is 8.08. The van der Waals surface area contributed by atoms with Crippen molar-refractivity contribution in [3.8, 4) is 0 Å². The summed E-state index contributed by atoms with van der Waals surface area (Å²) in [5.74, 6) is 1.27. The summed E-state index contributed by atoms with van der Waals surface area (Å²) in [6.07, 6.45) is 0. The van der Waals surface area contributed by atoms with Crippen LogP contribution in [0.5, 0.6) is 0 Å². The van der Waals surface area contributed by atoms with Gasteiger partial charge in [0.2, 0.25) is 22.8 Å². The van der Waals surface area contributed by atoms with Gasteiger partial charge in [-0.25, -0.2) is 0 Å². The largest absolute Gasteiger partial charge is 0.382 e. The van der Waals surface area contributed by atoms with Crippen molar-refractivity contribution in [1.29, 1.82) is 0 Å². The molecule has 0 bridgehead atoms. The van der Waals surface area contributed by atoms with Crippen molar-refractivity contribution in [3.63, 3.8) is 0 Å². The van der Waals surface area contributed by atoms with Crippen LogP contribution < -0.4 is 0 Å². The Labute approximate surface area is 60.9 Å². The summed E-state index contributed by atoms with van der Waals surface area (Å²) in [5.41, 5.74) is 0. The lowest BCUT2D eigenvalue weighted by Gasteiger charge is -1.99. The van der Waals surface area contributed by atoms with Crippen LogP contribution in [0.15, 0.2) is 9.98 Å². The Bertz CT molecular complexity index is 253. The minimum absolute atomic E-state index is 0.619. The molecule has 0 fully saturated rings. The molecule has 4 nitrogen and oxygen atoms in total. The molecule has 0 aliphatic carbocycles. The molecule has 0 spiro atoms. The normalized spacial score (nSPS) is 23.2. The molecule has 0 unspecified atom stereocenters.